The fraction of sp³-hybridized carbons (Fsp3) is 0.407. The molecular formula is C27H29F2N3O4. The van der Waals surface area contributed by atoms with Gasteiger partial charge < -0.3 is 23.9 Å². The number of carbonyl (C=O) groups is 1. The number of nitrogens with zero attached hydrogens (tertiary/aromatic N) is 3. The zero-order valence-electron chi connectivity index (χ0n) is 20.4. The standard InChI is InChI=1S/C27H29F2N3O4/c1-17(30(2)21-14-19(28)13-20(29)15-21)22-11-18(27(34)32-5-3-4-6-32)12-23-24(33)16-25(36-26(22)23)31-7-9-35-10-8-31/h11-17H,3-10H2,1-2H3. The molecule has 1 amide bonds. The lowest BCUT2D eigenvalue weighted by molar-refractivity contribution is 0.0793. The highest BCUT2D eigenvalue weighted by molar-refractivity contribution is 5.99. The molecule has 2 aliphatic heterocycles. The van der Waals surface area contributed by atoms with Gasteiger partial charge in [-0.1, -0.05) is 0 Å². The van der Waals surface area contributed by atoms with Gasteiger partial charge in [-0.05, 0) is 44.0 Å². The molecule has 1 aromatic heterocycles. The number of carbonyl (C=O) groups excluding carboxylic acids is 1. The van der Waals surface area contributed by atoms with Crippen LogP contribution in [0.15, 0.2) is 45.6 Å². The van der Waals surface area contributed by atoms with Crippen LogP contribution in [0.25, 0.3) is 11.0 Å². The number of morpholine rings is 1. The molecular weight excluding hydrogens is 468 g/mol. The number of ether oxygens (including phenoxy) is 1. The summed E-state index contributed by atoms with van der Waals surface area (Å²) in [5, 5.41) is 0.303. The highest BCUT2D eigenvalue weighted by atomic mass is 19.1. The van der Waals surface area contributed by atoms with Gasteiger partial charge in [0, 0.05) is 62.2 Å². The van der Waals surface area contributed by atoms with Crippen LogP contribution < -0.4 is 15.2 Å². The van der Waals surface area contributed by atoms with E-state index in [1.807, 2.05) is 11.8 Å². The fourth-order valence-electron chi connectivity index (χ4n) is 4.92. The first-order valence-corrected chi connectivity index (χ1v) is 12.2. The van der Waals surface area contributed by atoms with Crippen LogP contribution in [0.4, 0.5) is 20.4 Å². The molecule has 0 spiro atoms. The van der Waals surface area contributed by atoms with E-state index in [2.05, 4.69) is 0 Å². The Kier molecular flexibility index (Phi) is 6.66. The van der Waals surface area contributed by atoms with E-state index in [0.717, 1.165) is 18.9 Å². The number of likely N-dealkylation sites (tertiary alicyclic amines) is 1. The lowest BCUT2D eigenvalue weighted by atomic mass is 9.99. The van der Waals surface area contributed by atoms with E-state index in [9.17, 15) is 18.4 Å². The third-order valence-electron chi connectivity index (χ3n) is 7.09. The minimum absolute atomic E-state index is 0.140. The molecule has 2 saturated heterocycles. The quantitative estimate of drug-likeness (QED) is 0.523. The van der Waals surface area contributed by atoms with Gasteiger partial charge in [0.15, 0.2) is 11.3 Å². The van der Waals surface area contributed by atoms with Gasteiger partial charge in [-0.3, -0.25) is 9.59 Å². The number of anilines is 2. The predicted molar refractivity (Wildman–Crippen MR) is 134 cm³/mol. The van der Waals surface area contributed by atoms with Crippen molar-refractivity contribution in [1.29, 1.82) is 0 Å². The van der Waals surface area contributed by atoms with Gasteiger partial charge in [0.1, 0.15) is 17.2 Å². The van der Waals surface area contributed by atoms with Crippen molar-refractivity contribution in [3.05, 3.63) is 69.4 Å². The molecule has 0 N–H and O–H groups in total. The normalized spacial score (nSPS) is 17.0. The Balaban J connectivity index is 1.65. The molecule has 1 unspecified atom stereocenters. The molecule has 190 valence electrons. The van der Waals surface area contributed by atoms with Crippen molar-refractivity contribution in [2.75, 3.05) is 56.2 Å². The number of hydrogen-bond acceptors (Lipinski definition) is 6. The third kappa shape index (κ3) is 4.67. The van der Waals surface area contributed by atoms with Crippen molar-refractivity contribution in [3.8, 4) is 0 Å². The average Bonchev–Trinajstić information content (AvgIpc) is 3.42. The number of fused-ring (bicyclic) bond motifs is 1. The predicted octanol–water partition coefficient (Wildman–Crippen LogP) is 4.34. The molecule has 3 heterocycles. The van der Waals surface area contributed by atoms with E-state index < -0.39 is 17.7 Å². The molecule has 3 aromatic rings. The summed E-state index contributed by atoms with van der Waals surface area (Å²) >= 11 is 0. The second kappa shape index (κ2) is 9.89. The maximum atomic E-state index is 14.0. The summed E-state index contributed by atoms with van der Waals surface area (Å²) in [7, 11) is 1.71. The SMILES string of the molecule is CC(c1cc(C(=O)N2CCCC2)cc2c(=O)cc(N3CCOCC3)oc12)N(C)c1cc(F)cc(F)c1. The van der Waals surface area contributed by atoms with E-state index in [1.54, 1.807) is 29.0 Å². The lowest BCUT2D eigenvalue weighted by Gasteiger charge is -2.30. The third-order valence-corrected chi connectivity index (χ3v) is 7.09. The molecule has 0 saturated carbocycles. The summed E-state index contributed by atoms with van der Waals surface area (Å²) in [5.41, 5.74) is 1.43. The molecule has 2 fully saturated rings. The fourth-order valence-corrected chi connectivity index (χ4v) is 4.92. The number of benzene rings is 2. The maximum absolute atomic E-state index is 14.0. The van der Waals surface area contributed by atoms with Crippen molar-refractivity contribution >= 4 is 28.4 Å². The Morgan fingerprint density at radius 3 is 2.31 bits per heavy atom. The number of rotatable bonds is 5. The molecule has 9 heteroatoms. The monoisotopic (exact) mass is 497 g/mol. The molecule has 0 bridgehead atoms. The minimum Gasteiger partial charge on any atom is -0.440 e. The zero-order valence-corrected chi connectivity index (χ0v) is 20.4. The van der Waals surface area contributed by atoms with Crippen LogP contribution in [0.2, 0.25) is 0 Å². The van der Waals surface area contributed by atoms with E-state index in [1.165, 1.54) is 18.2 Å². The Morgan fingerprint density at radius 2 is 1.64 bits per heavy atom. The average molecular weight is 498 g/mol. The molecule has 2 aliphatic rings. The van der Waals surface area contributed by atoms with E-state index in [4.69, 9.17) is 9.15 Å². The highest BCUT2D eigenvalue weighted by Crippen LogP contribution is 2.34. The van der Waals surface area contributed by atoms with Crippen molar-refractivity contribution in [2.24, 2.45) is 0 Å². The summed E-state index contributed by atoms with van der Waals surface area (Å²) in [6, 6.07) is 7.64. The van der Waals surface area contributed by atoms with Gasteiger partial charge in [0.2, 0.25) is 0 Å². The van der Waals surface area contributed by atoms with Crippen LogP contribution in [0, 0.1) is 11.6 Å². The Hall–Kier alpha value is -3.46. The van der Waals surface area contributed by atoms with Crippen LogP contribution in [-0.4, -0.2) is 57.2 Å². The molecule has 5 rings (SSSR count). The maximum Gasteiger partial charge on any atom is 0.253 e. The Bertz CT molecular complexity index is 1330. The van der Waals surface area contributed by atoms with Crippen molar-refractivity contribution in [1.82, 2.24) is 4.90 Å². The van der Waals surface area contributed by atoms with Crippen LogP contribution >= 0.6 is 0 Å². The van der Waals surface area contributed by atoms with E-state index in [-0.39, 0.29) is 11.3 Å². The minimum atomic E-state index is -0.687. The molecule has 36 heavy (non-hydrogen) atoms. The first-order chi connectivity index (χ1) is 17.3. The molecule has 0 aliphatic carbocycles. The second-order valence-electron chi connectivity index (χ2n) is 9.40. The second-order valence-corrected chi connectivity index (χ2v) is 9.40. The van der Waals surface area contributed by atoms with E-state index in [0.29, 0.717) is 73.1 Å². The molecule has 7 nitrogen and oxygen atoms in total. The number of halogens is 2. The topological polar surface area (TPSA) is 66.2 Å². The molecule has 1 atom stereocenters. The van der Waals surface area contributed by atoms with Gasteiger partial charge in [0.25, 0.3) is 5.91 Å². The van der Waals surface area contributed by atoms with Crippen LogP contribution in [0.1, 0.15) is 41.7 Å². The van der Waals surface area contributed by atoms with Crippen LogP contribution in [-0.2, 0) is 4.74 Å². The lowest BCUT2D eigenvalue weighted by Crippen LogP contribution is -2.36. The van der Waals surface area contributed by atoms with Gasteiger partial charge in [-0.15, -0.1) is 0 Å². The Labute approximate surface area is 207 Å². The van der Waals surface area contributed by atoms with Gasteiger partial charge in [-0.2, -0.15) is 0 Å². The zero-order chi connectivity index (χ0) is 25.4. The summed E-state index contributed by atoms with van der Waals surface area (Å²) < 4.78 is 39.7. The first-order valence-electron chi connectivity index (χ1n) is 12.2. The summed E-state index contributed by atoms with van der Waals surface area (Å²) in [6.07, 6.45) is 1.89. The van der Waals surface area contributed by atoms with Gasteiger partial charge in [-0.25, -0.2) is 8.78 Å². The first kappa shape index (κ1) is 24.2. The summed E-state index contributed by atoms with van der Waals surface area (Å²) in [4.78, 5) is 32.0. The van der Waals surface area contributed by atoms with Crippen molar-refractivity contribution < 1.29 is 22.7 Å². The van der Waals surface area contributed by atoms with Gasteiger partial charge >= 0.3 is 0 Å². The van der Waals surface area contributed by atoms with Crippen LogP contribution in [0.3, 0.4) is 0 Å². The Morgan fingerprint density at radius 1 is 0.972 bits per heavy atom. The highest BCUT2D eigenvalue weighted by Gasteiger charge is 2.26. The largest absolute Gasteiger partial charge is 0.440 e. The smallest absolute Gasteiger partial charge is 0.253 e. The van der Waals surface area contributed by atoms with Crippen molar-refractivity contribution in [3.63, 3.8) is 0 Å². The molecule has 2 aromatic carbocycles. The summed E-state index contributed by atoms with van der Waals surface area (Å²) in [5.74, 6) is -1.08. The number of amides is 1. The van der Waals surface area contributed by atoms with Gasteiger partial charge in [0.05, 0.1) is 24.6 Å². The number of hydrogen-bond donors (Lipinski definition) is 0. The van der Waals surface area contributed by atoms with Crippen molar-refractivity contribution in [2.45, 2.75) is 25.8 Å². The van der Waals surface area contributed by atoms with E-state index >= 15 is 0 Å². The summed E-state index contributed by atoms with van der Waals surface area (Å²) in [6.45, 7) is 5.44. The molecule has 0 radical (unpaired) electrons. The van der Waals surface area contributed by atoms with Crippen LogP contribution in [0.5, 0.6) is 0 Å².